The maximum atomic E-state index is 13.0. The molecule has 3 aromatic rings. The van der Waals surface area contributed by atoms with Gasteiger partial charge in [0.2, 0.25) is 5.88 Å². The van der Waals surface area contributed by atoms with Crippen molar-refractivity contribution in [1.82, 2.24) is 9.55 Å². The molecule has 0 saturated carbocycles. The Morgan fingerprint density at radius 1 is 1.07 bits per heavy atom. The minimum atomic E-state index is -4.63. The van der Waals surface area contributed by atoms with E-state index in [1.165, 1.54) is 18.4 Å². The fourth-order valence-electron chi connectivity index (χ4n) is 3.04. The van der Waals surface area contributed by atoms with Crippen LogP contribution >= 0.6 is 0 Å². The highest BCUT2D eigenvalue weighted by molar-refractivity contribution is 6.21. The number of hydrogen-bond donors (Lipinski definition) is 2. The summed E-state index contributed by atoms with van der Waals surface area (Å²) in [6, 6.07) is 11.0. The zero-order chi connectivity index (χ0) is 20.8. The molecule has 0 amide bonds. The van der Waals surface area contributed by atoms with Gasteiger partial charge in [0.05, 0.1) is 16.9 Å². The molecular formula is C20H12F3N3O3. The number of aromatic amines is 1. The second-order valence-corrected chi connectivity index (χ2v) is 6.26. The number of para-hydroxylation sites is 1. The van der Waals surface area contributed by atoms with E-state index in [0.717, 1.165) is 12.1 Å². The lowest BCUT2D eigenvalue weighted by Gasteiger charge is -2.12. The van der Waals surface area contributed by atoms with E-state index >= 15 is 0 Å². The maximum absolute atomic E-state index is 13.0. The van der Waals surface area contributed by atoms with Crippen LogP contribution in [0.15, 0.2) is 63.1 Å². The Balaban J connectivity index is 1.90. The van der Waals surface area contributed by atoms with Gasteiger partial charge in [-0.2, -0.15) is 13.2 Å². The van der Waals surface area contributed by atoms with Gasteiger partial charge < -0.3 is 5.11 Å². The number of benzene rings is 2. The molecule has 0 atom stereocenters. The first kappa shape index (κ1) is 18.5. The van der Waals surface area contributed by atoms with E-state index in [-0.39, 0.29) is 11.3 Å². The Morgan fingerprint density at radius 3 is 2.59 bits per heavy atom. The van der Waals surface area contributed by atoms with Gasteiger partial charge in [-0.25, -0.2) is 9.36 Å². The lowest BCUT2D eigenvalue weighted by molar-refractivity contribution is -0.137. The molecule has 0 radical (unpaired) electrons. The number of aromatic hydroxyl groups is 1. The van der Waals surface area contributed by atoms with Crippen molar-refractivity contribution >= 4 is 23.6 Å². The first-order valence-electron chi connectivity index (χ1n) is 8.37. The summed E-state index contributed by atoms with van der Waals surface area (Å²) in [6.45, 7) is 0. The van der Waals surface area contributed by atoms with Gasteiger partial charge >= 0.3 is 11.9 Å². The third-order valence-corrected chi connectivity index (χ3v) is 4.41. The van der Waals surface area contributed by atoms with Gasteiger partial charge in [-0.05, 0) is 30.3 Å². The predicted octanol–water partition coefficient (Wildman–Crippen LogP) is 3.51. The summed E-state index contributed by atoms with van der Waals surface area (Å²) in [6.07, 6.45) is -1.82. The molecule has 9 heteroatoms. The molecule has 0 bridgehead atoms. The van der Waals surface area contributed by atoms with E-state index in [9.17, 15) is 27.9 Å². The van der Waals surface area contributed by atoms with Crippen LogP contribution in [0.3, 0.4) is 0 Å². The maximum Gasteiger partial charge on any atom is 0.416 e. The van der Waals surface area contributed by atoms with Crippen LogP contribution in [0.1, 0.15) is 16.7 Å². The van der Waals surface area contributed by atoms with Gasteiger partial charge in [-0.1, -0.05) is 24.3 Å². The number of nitrogens with zero attached hydrogens (tertiary/aromatic N) is 2. The fraction of sp³-hybridized carbons (Fsp3) is 0.0500. The molecule has 6 nitrogen and oxygen atoms in total. The van der Waals surface area contributed by atoms with Crippen LogP contribution in [0.5, 0.6) is 5.88 Å². The highest BCUT2D eigenvalue weighted by atomic mass is 19.4. The number of alkyl halides is 3. The number of aromatic nitrogens is 2. The van der Waals surface area contributed by atoms with Crippen LogP contribution in [-0.2, 0) is 6.18 Å². The molecule has 2 heterocycles. The van der Waals surface area contributed by atoms with Crippen LogP contribution in [-0.4, -0.2) is 20.9 Å². The second-order valence-electron chi connectivity index (χ2n) is 6.26. The van der Waals surface area contributed by atoms with Gasteiger partial charge in [0.1, 0.15) is 5.56 Å². The molecule has 2 N–H and O–H groups in total. The SMILES string of the molecule is O=c1[nH]c(=O)n(-c2cccc(C(F)(F)F)c2)c(O)c1/C=C1\C=Nc2ccccc21. The number of hydrogen-bond acceptors (Lipinski definition) is 4. The number of H-pyrrole nitrogens is 1. The van der Waals surface area contributed by atoms with Crippen LogP contribution < -0.4 is 11.2 Å². The van der Waals surface area contributed by atoms with E-state index in [2.05, 4.69) is 4.99 Å². The van der Waals surface area contributed by atoms with Crippen LogP contribution in [0.25, 0.3) is 17.3 Å². The van der Waals surface area contributed by atoms with Gasteiger partial charge in [-0.15, -0.1) is 0 Å². The zero-order valence-corrected chi connectivity index (χ0v) is 14.6. The molecular weight excluding hydrogens is 387 g/mol. The predicted molar refractivity (Wildman–Crippen MR) is 102 cm³/mol. The highest BCUT2D eigenvalue weighted by Crippen LogP contribution is 2.33. The topological polar surface area (TPSA) is 87.5 Å². The lowest BCUT2D eigenvalue weighted by atomic mass is 10.1. The number of halogens is 3. The van der Waals surface area contributed by atoms with Crippen molar-refractivity contribution in [1.29, 1.82) is 0 Å². The van der Waals surface area contributed by atoms with E-state index in [1.54, 1.807) is 24.3 Å². The molecule has 0 spiro atoms. The van der Waals surface area contributed by atoms with Crippen molar-refractivity contribution in [3.8, 4) is 11.6 Å². The minimum absolute atomic E-state index is 0.237. The fourth-order valence-corrected chi connectivity index (χ4v) is 3.04. The first-order valence-corrected chi connectivity index (χ1v) is 8.37. The largest absolute Gasteiger partial charge is 0.494 e. The van der Waals surface area contributed by atoms with E-state index in [4.69, 9.17) is 0 Å². The van der Waals surface area contributed by atoms with Crippen LogP contribution in [0, 0.1) is 0 Å². The molecule has 0 aliphatic carbocycles. The summed E-state index contributed by atoms with van der Waals surface area (Å²) in [5.74, 6) is -0.775. The van der Waals surface area contributed by atoms with Crippen molar-refractivity contribution in [2.75, 3.05) is 0 Å². The molecule has 0 fully saturated rings. The smallest absolute Gasteiger partial charge is 0.416 e. The highest BCUT2D eigenvalue weighted by Gasteiger charge is 2.31. The average Bonchev–Trinajstić information content (AvgIpc) is 3.07. The zero-order valence-electron chi connectivity index (χ0n) is 14.6. The van der Waals surface area contributed by atoms with Gasteiger partial charge in [0.15, 0.2) is 0 Å². The molecule has 4 rings (SSSR count). The second kappa shape index (κ2) is 6.62. The Bertz CT molecular complexity index is 1300. The number of fused-ring (bicyclic) bond motifs is 1. The summed E-state index contributed by atoms with van der Waals surface area (Å²) < 4.78 is 39.6. The Morgan fingerprint density at radius 2 is 1.83 bits per heavy atom. The minimum Gasteiger partial charge on any atom is -0.494 e. The van der Waals surface area contributed by atoms with Gasteiger partial charge in [0, 0.05) is 17.4 Å². The van der Waals surface area contributed by atoms with Gasteiger partial charge in [0.25, 0.3) is 5.56 Å². The monoisotopic (exact) mass is 399 g/mol. The Kier molecular flexibility index (Phi) is 4.22. The van der Waals surface area contributed by atoms with Crippen molar-refractivity contribution in [3.63, 3.8) is 0 Å². The number of nitrogens with one attached hydrogen (secondary N) is 1. The molecule has 0 saturated heterocycles. The molecule has 146 valence electrons. The van der Waals surface area contributed by atoms with Crippen molar-refractivity contribution in [3.05, 3.63) is 86.1 Å². The summed E-state index contributed by atoms with van der Waals surface area (Å²) in [5, 5.41) is 10.6. The summed E-state index contributed by atoms with van der Waals surface area (Å²) in [7, 11) is 0. The van der Waals surface area contributed by atoms with Crippen LogP contribution in [0.4, 0.5) is 18.9 Å². The van der Waals surface area contributed by atoms with E-state index < -0.39 is 28.9 Å². The van der Waals surface area contributed by atoms with Crippen molar-refractivity contribution < 1.29 is 18.3 Å². The third kappa shape index (κ3) is 3.27. The lowest BCUT2D eigenvalue weighted by Crippen LogP contribution is -2.30. The van der Waals surface area contributed by atoms with E-state index in [0.29, 0.717) is 27.5 Å². The molecule has 2 aromatic carbocycles. The quantitative estimate of drug-likeness (QED) is 0.691. The average molecular weight is 399 g/mol. The summed E-state index contributed by atoms with van der Waals surface area (Å²) >= 11 is 0. The molecule has 1 aliphatic heterocycles. The number of aliphatic imine (C=N–C) groups is 1. The molecule has 29 heavy (non-hydrogen) atoms. The Hall–Kier alpha value is -3.88. The van der Waals surface area contributed by atoms with E-state index in [1.807, 2.05) is 4.98 Å². The van der Waals surface area contributed by atoms with Crippen molar-refractivity contribution in [2.45, 2.75) is 6.18 Å². The first-order chi connectivity index (χ1) is 13.8. The summed E-state index contributed by atoms with van der Waals surface area (Å²) in [5.41, 5.74) is -1.56. The molecule has 1 aromatic heterocycles. The number of allylic oxidation sites excluding steroid dienone is 1. The molecule has 1 aliphatic rings. The third-order valence-electron chi connectivity index (χ3n) is 4.41. The number of rotatable bonds is 2. The summed E-state index contributed by atoms with van der Waals surface area (Å²) in [4.78, 5) is 30.7. The Labute approximate surface area is 160 Å². The van der Waals surface area contributed by atoms with Crippen molar-refractivity contribution in [2.24, 2.45) is 4.99 Å². The standard InChI is InChI=1S/C20H12F3N3O3/c21-20(22,23)12-4-3-5-13(9-12)26-18(28)15(17(27)25-19(26)29)8-11-10-24-16-7-2-1-6-14(11)16/h1-10,28H,(H,25,27,29)/b11-8+. The van der Waals surface area contributed by atoms with Gasteiger partial charge in [-0.3, -0.25) is 14.8 Å². The molecule has 0 unspecified atom stereocenters. The normalized spacial score (nSPS) is 14.4. The van der Waals surface area contributed by atoms with Crippen LogP contribution in [0.2, 0.25) is 0 Å².